The molecule has 1 aliphatic heterocycles. The van der Waals surface area contributed by atoms with Gasteiger partial charge in [0.25, 0.3) is 0 Å². The van der Waals surface area contributed by atoms with Gasteiger partial charge in [-0.25, -0.2) is 0 Å². The number of rotatable bonds is 8. The molecule has 0 N–H and O–H groups in total. The quantitative estimate of drug-likeness (QED) is 0.652. The molecule has 0 atom stereocenters. The molecular weight excluding hydrogens is 356 g/mol. The minimum atomic E-state index is -0.174. The van der Waals surface area contributed by atoms with Gasteiger partial charge in [-0.2, -0.15) is 0 Å². The van der Waals surface area contributed by atoms with Gasteiger partial charge in [0.1, 0.15) is 18.1 Å². The van der Waals surface area contributed by atoms with Crippen LogP contribution in [0.4, 0.5) is 0 Å². The highest BCUT2D eigenvalue weighted by atomic mass is 16.5. The van der Waals surface area contributed by atoms with E-state index in [9.17, 15) is 4.79 Å². The van der Waals surface area contributed by atoms with E-state index in [0.717, 1.165) is 55.3 Å². The molecule has 0 spiro atoms. The first kappa shape index (κ1) is 20.2. The molecule has 1 heterocycles. The van der Waals surface area contributed by atoms with Crippen LogP contribution in [0.1, 0.15) is 11.1 Å². The third kappa shape index (κ3) is 5.71. The van der Waals surface area contributed by atoms with Crippen molar-refractivity contribution in [2.45, 2.75) is 13.2 Å². The molecule has 0 saturated carbocycles. The van der Waals surface area contributed by atoms with E-state index < -0.39 is 0 Å². The van der Waals surface area contributed by atoms with E-state index in [-0.39, 0.29) is 5.97 Å². The van der Waals surface area contributed by atoms with Crippen LogP contribution in [0.2, 0.25) is 0 Å². The smallest absolute Gasteiger partial charge is 0.320 e. The average Bonchev–Trinajstić information content (AvgIpc) is 2.74. The fourth-order valence-corrected chi connectivity index (χ4v) is 3.32. The van der Waals surface area contributed by atoms with Crippen LogP contribution in [0.25, 0.3) is 0 Å². The van der Waals surface area contributed by atoms with Crippen LogP contribution in [0.5, 0.6) is 11.5 Å². The molecule has 1 fully saturated rings. The van der Waals surface area contributed by atoms with Crippen LogP contribution in [0.15, 0.2) is 48.5 Å². The number of hydrogen-bond acceptors (Lipinski definition) is 6. The first-order valence-corrected chi connectivity index (χ1v) is 9.53. The molecule has 0 unspecified atom stereocenters. The van der Waals surface area contributed by atoms with Gasteiger partial charge in [0.2, 0.25) is 0 Å². The molecule has 1 aliphatic rings. The lowest BCUT2D eigenvalue weighted by Crippen LogP contribution is -2.47. The molecule has 150 valence electrons. The summed E-state index contributed by atoms with van der Waals surface area (Å²) in [5, 5.41) is 0. The van der Waals surface area contributed by atoms with Gasteiger partial charge in [-0.15, -0.1) is 0 Å². The Morgan fingerprint density at radius 2 is 1.64 bits per heavy atom. The van der Waals surface area contributed by atoms with Crippen LogP contribution >= 0.6 is 0 Å². The maximum atomic E-state index is 12.1. The van der Waals surface area contributed by atoms with Crippen molar-refractivity contribution in [3.63, 3.8) is 0 Å². The summed E-state index contributed by atoms with van der Waals surface area (Å²) in [5.74, 6) is 1.52. The van der Waals surface area contributed by atoms with Gasteiger partial charge >= 0.3 is 5.97 Å². The Kier molecular flexibility index (Phi) is 7.28. The normalized spacial score (nSPS) is 15.2. The van der Waals surface area contributed by atoms with Crippen LogP contribution < -0.4 is 9.47 Å². The lowest BCUT2D eigenvalue weighted by molar-refractivity contribution is -0.146. The van der Waals surface area contributed by atoms with E-state index in [1.807, 2.05) is 48.5 Å². The average molecular weight is 384 g/mol. The number of methoxy groups -OCH3 is 2. The van der Waals surface area contributed by atoms with Crippen molar-refractivity contribution < 1.29 is 19.0 Å². The second kappa shape index (κ2) is 10.1. The molecular formula is C22H28N2O4. The van der Waals surface area contributed by atoms with Gasteiger partial charge < -0.3 is 14.2 Å². The van der Waals surface area contributed by atoms with E-state index in [1.165, 1.54) is 0 Å². The fourth-order valence-electron chi connectivity index (χ4n) is 3.32. The summed E-state index contributed by atoms with van der Waals surface area (Å²) in [7, 11) is 3.35. The first-order chi connectivity index (χ1) is 13.7. The maximum Gasteiger partial charge on any atom is 0.320 e. The number of carbonyl (C=O) groups excluding carboxylic acids is 1. The highest BCUT2D eigenvalue weighted by Crippen LogP contribution is 2.25. The summed E-state index contributed by atoms with van der Waals surface area (Å²) < 4.78 is 16.2. The second-order valence-electron chi connectivity index (χ2n) is 6.88. The van der Waals surface area contributed by atoms with Gasteiger partial charge in [0, 0.05) is 38.3 Å². The van der Waals surface area contributed by atoms with E-state index in [0.29, 0.717) is 13.2 Å². The van der Waals surface area contributed by atoms with Gasteiger partial charge in [0.15, 0.2) is 0 Å². The number of piperazine rings is 1. The highest BCUT2D eigenvalue weighted by Gasteiger charge is 2.20. The molecule has 2 aromatic rings. The van der Waals surface area contributed by atoms with Crippen LogP contribution in [0.3, 0.4) is 0 Å². The Morgan fingerprint density at radius 3 is 2.32 bits per heavy atom. The summed E-state index contributed by atoms with van der Waals surface area (Å²) >= 11 is 0. The largest absolute Gasteiger partial charge is 0.497 e. The van der Waals surface area contributed by atoms with Gasteiger partial charge in [-0.1, -0.05) is 30.3 Å². The summed E-state index contributed by atoms with van der Waals surface area (Å²) in [5.41, 5.74) is 2.12. The predicted molar refractivity (Wildman–Crippen MR) is 108 cm³/mol. The van der Waals surface area contributed by atoms with Gasteiger partial charge in [0.05, 0.1) is 20.8 Å². The van der Waals surface area contributed by atoms with E-state index in [4.69, 9.17) is 14.2 Å². The molecule has 0 aliphatic carbocycles. The number of carbonyl (C=O) groups is 1. The van der Waals surface area contributed by atoms with Gasteiger partial charge in [-0.05, 0) is 23.8 Å². The Morgan fingerprint density at radius 1 is 0.929 bits per heavy atom. The van der Waals surface area contributed by atoms with Crippen molar-refractivity contribution in [2.75, 3.05) is 46.9 Å². The molecule has 3 rings (SSSR count). The van der Waals surface area contributed by atoms with E-state index in [1.54, 1.807) is 14.2 Å². The number of esters is 1. The third-order valence-corrected chi connectivity index (χ3v) is 4.94. The molecule has 0 radical (unpaired) electrons. The topological polar surface area (TPSA) is 51.2 Å². The predicted octanol–water partition coefficient (Wildman–Crippen LogP) is 2.56. The molecule has 28 heavy (non-hydrogen) atoms. The minimum Gasteiger partial charge on any atom is -0.497 e. The molecule has 0 amide bonds. The fraction of sp³-hybridized carbons (Fsp3) is 0.409. The number of ether oxygens (including phenoxy) is 3. The molecule has 1 saturated heterocycles. The first-order valence-electron chi connectivity index (χ1n) is 9.53. The lowest BCUT2D eigenvalue weighted by Gasteiger charge is -2.34. The Balaban J connectivity index is 1.44. The SMILES string of the molecule is COc1ccc(OC)c(CN2CCN(CC(=O)OCc3ccccc3)CC2)c1. The second-order valence-corrected chi connectivity index (χ2v) is 6.88. The van der Waals surface area contributed by atoms with E-state index >= 15 is 0 Å². The lowest BCUT2D eigenvalue weighted by atomic mass is 10.1. The summed E-state index contributed by atoms with van der Waals surface area (Å²) in [6, 6.07) is 15.6. The Hall–Kier alpha value is -2.57. The third-order valence-electron chi connectivity index (χ3n) is 4.94. The van der Waals surface area contributed by atoms with Crippen molar-refractivity contribution in [3.05, 3.63) is 59.7 Å². The van der Waals surface area contributed by atoms with Crippen LogP contribution in [0, 0.1) is 0 Å². The van der Waals surface area contributed by atoms with Crippen molar-refractivity contribution in [3.8, 4) is 11.5 Å². The Labute approximate surface area is 166 Å². The Bertz CT molecular complexity index is 758. The zero-order valence-electron chi connectivity index (χ0n) is 16.6. The number of hydrogen-bond donors (Lipinski definition) is 0. The summed E-state index contributed by atoms with van der Waals surface area (Å²) in [6.45, 7) is 4.93. The monoisotopic (exact) mass is 384 g/mol. The molecule has 6 nitrogen and oxygen atoms in total. The standard InChI is InChI=1S/C22H28N2O4/c1-26-20-8-9-21(27-2)19(14-20)15-23-10-12-24(13-11-23)16-22(25)28-17-18-6-4-3-5-7-18/h3-9,14H,10-13,15-17H2,1-2H3. The maximum absolute atomic E-state index is 12.1. The highest BCUT2D eigenvalue weighted by molar-refractivity contribution is 5.71. The number of benzene rings is 2. The van der Waals surface area contributed by atoms with Crippen LogP contribution in [-0.2, 0) is 22.7 Å². The minimum absolute atomic E-state index is 0.174. The van der Waals surface area contributed by atoms with Gasteiger partial charge in [-0.3, -0.25) is 14.6 Å². The zero-order chi connectivity index (χ0) is 19.8. The van der Waals surface area contributed by atoms with Crippen molar-refractivity contribution in [2.24, 2.45) is 0 Å². The molecule has 6 heteroatoms. The molecule has 0 aromatic heterocycles. The summed E-state index contributed by atoms with van der Waals surface area (Å²) in [6.07, 6.45) is 0. The van der Waals surface area contributed by atoms with Crippen molar-refractivity contribution in [1.82, 2.24) is 9.80 Å². The molecule has 0 bridgehead atoms. The van der Waals surface area contributed by atoms with Crippen molar-refractivity contribution in [1.29, 1.82) is 0 Å². The zero-order valence-corrected chi connectivity index (χ0v) is 16.6. The number of nitrogens with zero attached hydrogens (tertiary/aromatic N) is 2. The molecule has 2 aromatic carbocycles. The summed E-state index contributed by atoms with van der Waals surface area (Å²) in [4.78, 5) is 16.6. The van der Waals surface area contributed by atoms with E-state index in [2.05, 4.69) is 9.80 Å². The van der Waals surface area contributed by atoms with Crippen LogP contribution in [-0.4, -0.2) is 62.7 Å². The van der Waals surface area contributed by atoms with Crippen molar-refractivity contribution >= 4 is 5.97 Å².